The number of aromatic nitrogens is 4. The van der Waals surface area contributed by atoms with Gasteiger partial charge in [-0.3, -0.25) is 4.57 Å². The molecule has 0 saturated carbocycles. The van der Waals surface area contributed by atoms with Gasteiger partial charge in [-0.2, -0.15) is 0 Å². The highest BCUT2D eigenvalue weighted by Gasteiger charge is 2.44. The van der Waals surface area contributed by atoms with Crippen LogP contribution >= 0.6 is 0 Å². The van der Waals surface area contributed by atoms with Crippen LogP contribution < -0.4 is 16.4 Å². The van der Waals surface area contributed by atoms with Crippen molar-refractivity contribution in [1.29, 1.82) is 0 Å². The first-order chi connectivity index (χ1) is 17.5. The molecular formula is C25H36N8O4. The number of carbonyl (C=O) groups excluding carboxylic acids is 1. The zero-order valence-electron chi connectivity index (χ0n) is 21.6. The number of amides is 2. The Bertz CT molecular complexity index is 1210. The number of likely N-dealkylation sites (N-methyl/N-ethyl adjacent to an activating group) is 1. The third-order valence-corrected chi connectivity index (χ3v) is 6.54. The van der Waals surface area contributed by atoms with E-state index >= 15 is 0 Å². The van der Waals surface area contributed by atoms with Gasteiger partial charge >= 0.3 is 6.03 Å². The number of fused-ring (bicyclic) bond motifs is 1. The molecule has 12 heteroatoms. The van der Waals surface area contributed by atoms with Crippen LogP contribution in [0.15, 0.2) is 36.9 Å². The van der Waals surface area contributed by atoms with Crippen LogP contribution in [0.4, 0.5) is 10.6 Å². The van der Waals surface area contributed by atoms with Crippen LogP contribution in [0.3, 0.4) is 0 Å². The Labute approximate surface area is 215 Å². The molecule has 4 unspecified atom stereocenters. The zero-order chi connectivity index (χ0) is 26.7. The minimum Gasteiger partial charge on any atom is -0.387 e. The van der Waals surface area contributed by atoms with Crippen molar-refractivity contribution < 1.29 is 19.7 Å². The van der Waals surface area contributed by atoms with Crippen molar-refractivity contribution in [3.63, 3.8) is 0 Å². The molecule has 3 aromatic rings. The number of nitrogens with two attached hydrogens (primary N) is 1. The van der Waals surface area contributed by atoms with E-state index < -0.39 is 24.5 Å². The molecule has 3 heterocycles. The molecule has 37 heavy (non-hydrogen) atoms. The molecule has 1 aliphatic heterocycles. The summed E-state index contributed by atoms with van der Waals surface area (Å²) in [4.78, 5) is 26.4. The predicted molar refractivity (Wildman–Crippen MR) is 139 cm³/mol. The van der Waals surface area contributed by atoms with Gasteiger partial charge in [0.1, 0.15) is 30.2 Å². The summed E-state index contributed by atoms with van der Waals surface area (Å²) in [6.07, 6.45) is -1.02. The van der Waals surface area contributed by atoms with Gasteiger partial charge in [-0.05, 0) is 23.6 Å². The van der Waals surface area contributed by atoms with E-state index in [1.165, 1.54) is 18.2 Å². The van der Waals surface area contributed by atoms with Gasteiger partial charge in [-0.25, -0.2) is 19.7 Å². The van der Waals surface area contributed by atoms with Gasteiger partial charge in [0.05, 0.1) is 6.33 Å². The van der Waals surface area contributed by atoms with Crippen molar-refractivity contribution in [2.24, 2.45) is 0 Å². The highest BCUT2D eigenvalue weighted by molar-refractivity contribution is 5.81. The number of benzene rings is 1. The summed E-state index contributed by atoms with van der Waals surface area (Å²) in [5, 5.41) is 26.9. The number of carbonyl (C=O) groups is 1. The first-order valence-electron chi connectivity index (χ1n) is 12.3. The lowest BCUT2D eigenvalue weighted by atomic mass is 9.87. The molecule has 1 aromatic carbocycles. The first-order valence-corrected chi connectivity index (χ1v) is 12.3. The topological polar surface area (TPSA) is 164 Å². The van der Waals surface area contributed by atoms with Gasteiger partial charge in [0.25, 0.3) is 0 Å². The van der Waals surface area contributed by atoms with Crippen LogP contribution in [-0.4, -0.2) is 85.7 Å². The highest BCUT2D eigenvalue weighted by atomic mass is 16.6. The molecule has 0 bridgehead atoms. The predicted octanol–water partition coefficient (Wildman–Crippen LogP) is 0.756. The first kappa shape index (κ1) is 26.7. The summed E-state index contributed by atoms with van der Waals surface area (Å²) in [6, 6.07) is 7.97. The quantitative estimate of drug-likeness (QED) is 0.293. The Kier molecular flexibility index (Phi) is 7.93. The number of imidazole rings is 1. The third kappa shape index (κ3) is 6.16. The molecule has 6 N–H and O–H groups in total. The largest absolute Gasteiger partial charge is 0.387 e. The number of ether oxygens (including phenoxy) is 1. The van der Waals surface area contributed by atoms with Gasteiger partial charge in [-0.1, -0.05) is 45.0 Å². The van der Waals surface area contributed by atoms with E-state index in [0.717, 1.165) is 5.56 Å². The van der Waals surface area contributed by atoms with E-state index in [1.54, 1.807) is 4.57 Å². The number of urea groups is 1. The van der Waals surface area contributed by atoms with E-state index in [4.69, 9.17) is 10.5 Å². The van der Waals surface area contributed by atoms with Crippen molar-refractivity contribution in [2.75, 3.05) is 32.4 Å². The highest BCUT2D eigenvalue weighted by Crippen LogP contribution is 2.32. The average Bonchev–Trinajstić information content (AvgIpc) is 3.40. The van der Waals surface area contributed by atoms with Crippen molar-refractivity contribution >= 4 is 23.0 Å². The molecule has 0 spiro atoms. The monoisotopic (exact) mass is 512 g/mol. The van der Waals surface area contributed by atoms with E-state index in [-0.39, 0.29) is 17.3 Å². The minimum absolute atomic E-state index is 0.0886. The maximum absolute atomic E-state index is 12.2. The van der Waals surface area contributed by atoms with Crippen LogP contribution in [0, 0.1) is 0 Å². The van der Waals surface area contributed by atoms with E-state index in [1.807, 2.05) is 24.1 Å². The number of anilines is 1. The summed E-state index contributed by atoms with van der Waals surface area (Å²) in [6.45, 7) is 8.21. The summed E-state index contributed by atoms with van der Waals surface area (Å²) >= 11 is 0. The molecule has 1 aliphatic rings. The summed E-state index contributed by atoms with van der Waals surface area (Å²) < 4.78 is 7.52. The molecular weight excluding hydrogens is 476 g/mol. The number of aliphatic hydroxyl groups excluding tert-OH is 2. The lowest BCUT2D eigenvalue weighted by molar-refractivity contribution is -0.0420. The lowest BCUT2D eigenvalue weighted by Crippen LogP contribution is -2.43. The molecule has 2 amide bonds. The number of nitrogens with one attached hydrogen (secondary N) is 2. The van der Waals surface area contributed by atoms with Crippen molar-refractivity contribution in [3.8, 4) is 0 Å². The molecule has 4 rings (SSSR count). The van der Waals surface area contributed by atoms with Crippen LogP contribution in [0.5, 0.6) is 0 Å². The molecule has 4 atom stereocenters. The van der Waals surface area contributed by atoms with Crippen LogP contribution in [0.1, 0.15) is 38.1 Å². The smallest absolute Gasteiger partial charge is 0.315 e. The summed E-state index contributed by atoms with van der Waals surface area (Å²) in [5.41, 5.74) is 9.02. The van der Waals surface area contributed by atoms with Crippen molar-refractivity contribution in [1.82, 2.24) is 35.1 Å². The fraction of sp³-hybridized carbons (Fsp3) is 0.520. The molecule has 0 aliphatic carbocycles. The van der Waals surface area contributed by atoms with Crippen molar-refractivity contribution in [2.45, 2.75) is 57.3 Å². The van der Waals surface area contributed by atoms with Crippen LogP contribution in [0.25, 0.3) is 11.2 Å². The Morgan fingerprint density at radius 1 is 1.14 bits per heavy atom. The molecule has 200 valence electrons. The second-order valence-electron chi connectivity index (χ2n) is 10.4. The van der Waals surface area contributed by atoms with Gasteiger partial charge in [0.15, 0.2) is 17.7 Å². The Morgan fingerprint density at radius 3 is 2.57 bits per heavy atom. The SMILES string of the molecule is CN(CCNC(=O)NCc1ccc(C(C)(C)C)cc1)CC1OC(n2cnc3c(N)ncnc32)C(O)C1O. The van der Waals surface area contributed by atoms with Gasteiger partial charge in [0.2, 0.25) is 0 Å². The van der Waals surface area contributed by atoms with Gasteiger partial charge in [0, 0.05) is 26.2 Å². The molecule has 2 aromatic heterocycles. The molecule has 0 radical (unpaired) electrons. The fourth-order valence-corrected chi connectivity index (χ4v) is 4.29. The van der Waals surface area contributed by atoms with Crippen LogP contribution in [0.2, 0.25) is 0 Å². The van der Waals surface area contributed by atoms with Gasteiger partial charge < -0.3 is 36.2 Å². The van der Waals surface area contributed by atoms with E-state index in [0.29, 0.717) is 37.3 Å². The number of rotatable bonds is 8. The summed E-state index contributed by atoms with van der Waals surface area (Å²) in [7, 11) is 1.85. The second-order valence-corrected chi connectivity index (χ2v) is 10.4. The number of aliphatic hydroxyl groups is 2. The normalized spacial score (nSPS) is 22.0. The third-order valence-electron chi connectivity index (χ3n) is 6.54. The fourth-order valence-electron chi connectivity index (χ4n) is 4.29. The van der Waals surface area contributed by atoms with Crippen LogP contribution in [-0.2, 0) is 16.7 Å². The molecule has 1 fully saturated rings. The average molecular weight is 513 g/mol. The maximum atomic E-state index is 12.2. The van der Waals surface area contributed by atoms with Crippen molar-refractivity contribution in [3.05, 3.63) is 48.0 Å². The second kappa shape index (κ2) is 11.0. The zero-order valence-corrected chi connectivity index (χ0v) is 21.6. The number of hydrogen-bond donors (Lipinski definition) is 5. The Balaban J connectivity index is 1.22. The molecule has 1 saturated heterocycles. The summed E-state index contributed by atoms with van der Waals surface area (Å²) in [5.74, 6) is 0.225. The Hall–Kier alpha value is -3.32. The standard InChI is InChI=1S/C25H36N8O4/c1-25(2,3)16-7-5-15(6-8-16)11-28-24(36)27-9-10-32(4)12-17-19(34)20(35)23(37-17)33-14-31-18-21(26)29-13-30-22(18)33/h5-8,13-14,17,19-20,23,34-35H,9-12H2,1-4H3,(H2,26,29,30)(H2,27,28,36). The number of nitrogens with zero attached hydrogens (tertiary/aromatic N) is 5. The number of hydrogen-bond acceptors (Lipinski definition) is 9. The number of nitrogen functional groups attached to an aromatic ring is 1. The van der Waals surface area contributed by atoms with E-state index in [9.17, 15) is 15.0 Å². The van der Waals surface area contributed by atoms with E-state index in [2.05, 4.69) is 58.5 Å². The van der Waals surface area contributed by atoms with Gasteiger partial charge in [-0.15, -0.1) is 0 Å². The Morgan fingerprint density at radius 2 is 1.86 bits per heavy atom. The minimum atomic E-state index is -1.17. The molecule has 12 nitrogen and oxygen atoms in total. The maximum Gasteiger partial charge on any atom is 0.315 e. The lowest BCUT2D eigenvalue weighted by Gasteiger charge is -2.23.